The quantitative estimate of drug-likeness (QED) is 0.508. The van der Waals surface area contributed by atoms with Gasteiger partial charge in [-0.2, -0.15) is 0 Å². The average Bonchev–Trinajstić information content (AvgIpc) is 2.03. The van der Waals surface area contributed by atoms with E-state index >= 15 is 0 Å². The Morgan fingerprint density at radius 2 is 2.08 bits per heavy atom. The summed E-state index contributed by atoms with van der Waals surface area (Å²) in [6.45, 7) is 0. The van der Waals surface area contributed by atoms with Crippen LogP contribution in [0.2, 0.25) is 0 Å². The summed E-state index contributed by atoms with van der Waals surface area (Å²) >= 11 is 0. The van der Waals surface area contributed by atoms with Crippen LogP contribution >= 0.6 is 0 Å². The summed E-state index contributed by atoms with van der Waals surface area (Å²) in [4.78, 5) is 11.0. The Hall–Kier alpha value is -0.580. The predicted molar refractivity (Wildman–Crippen MR) is 42.9 cm³/mol. The summed E-state index contributed by atoms with van der Waals surface area (Å²) in [5.74, 6) is -0.0724. The van der Waals surface area contributed by atoms with E-state index in [0.29, 0.717) is 12.8 Å². The Labute approximate surface area is 71.6 Å². The normalized spacial score (nSPS) is 33.5. The molecular weight excluding hydrogens is 178 g/mol. The minimum absolute atomic E-state index is 0.00926. The number of hydrogen-bond donors (Lipinski definition) is 0. The molecule has 0 aliphatic carbocycles. The van der Waals surface area contributed by atoms with E-state index in [1.807, 2.05) is 0 Å². The topological polar surface area (TPSA) is 54.5 Å². The Morgan fingerprint density at radius 3 is 2.75 bits per heavy atom. The van der Waals surface area contributed by atoms with Crippen LogP contribution in [0.15, 0.2) is 0 Å². The number of amides is 1. The van der Waals surface area contributed by atoms with Crippen molar-refractivity contribution in [2.75, 3.05) is 5.75 Å². The third kappa shape index (κ3) is 1.03. The van der Waals surface area contributed by atoms with Crippen LogP contribution in [0.25, 0.3) is 0 Å². The van der Waals surface area contributed by atoms with E-state index in [9.17, 15) is 13.2 Å². The first-order chi connectivity index (χ1) is 5.61. The van der Waals surface area contributed by atoms with Crippen molar-refractivity contribution < 1.29 is 13.2 Å². The smallest absolute Gasteiger partial charge is 0.238 e. The predicted octanol–water partition coefficient (Wildman–Crippen LogP) is 0.101. The van der Waals surface area contributed by atoms with Crippen molar-refractivity contribution in [3.05, 3.63) is 0 Å². The third-order valence-electron chi connectivity index (χ3n) is 2.48. The molecule has 0 N–H and O–H groups in total. The van der Waals surface area contributed by atoms with Gasteiger partial charge in [-0.1, -0.05) is 6.42 Å². The van der Waals surface area contributed by atoms with Crippen LogP contribution in [0.3, 0.4) is 0 Å². The van der Waals surface area contributed by atoms with Crippen LogP contribution in [0, 0.1) is 0 Å². The number of hydrogen-bond acceptors (Lipinski definition) is 3. The molecule has 2 fully saturated rings. The molecule has 0 aromatic rings. The molecule has 2 aliphatic rings. The molecule has 0 radical (unpaired) electrons. The van der Waals surface area contributed by atoms with Crippen LogP contribution in [-0.4, -0.2) is 30.4 Å². The van der Waals surface area contributed by atoms with Crippen molar-refractivity contribution in [3.8, 4) is 0 Å². The second kappa shape index (κ2) is 2.45. The molecule has 5 heteroatoms. The number of β-lactam (4-membered cyclic amide) rings is 1. The largest absolute Gasteiger partial charge is 0.274 e. The highest BCUT2D eigenvalue weighted by Gasteiger charge is 2.44. The second-order valence-corrected chi connectivity index (χ2v) is 5.32. The third-order valence-corrected chi connectivity index (χ3v) is 4.38. The lowest BCUT2D eigenvalue weighted by molar-refractivity contribution is -0.137. The standard InChI is InChI=1S/C7H11NO3S/c9-7-5-6-3-1-2-4-12(10,11)8(6)7/h6H,1-5H2. The fraction of sp³-hybridized carbons (Fsp3) is 0.857. The molecule has 12 heavy (non-hydrogen) atoms. The van der Waals surface area contributed by atoms with E-state index in [4.69, 9.17) is 0 Å². The maximum atomic E-state index is 11.4. The van der Waals surface area contributed by atoms with Crippen molar-refractivity contribution in [1.82, 2.24) is 4.31 Å². The molecular formula is C7H11NO3S. The number of rotatable bonds is 0. The molecule has 1 unspecified atom stereocenters. The number of nitrogens with zero attached hydrogens (tertiary/aromatic N) is 1. The van der Waals surface area contributed by atoms with Gasteiger partial charge in [-0.25, -0.2) is 12.7 Å². The first-order valence-electron chi connectivity index (χ1n) is 4.16. The molecule has 2 saturated heterocycles. The summed E-state index contributed by atoms with van der Waals surface area (Å²) in [6.07, 6.45) is 2.90. The van der Waals surface area contributed by atoms with Crippen LogP contribution in [0.5, 0.6) is 0 Å². The lowest BCUT2D eigenvalue weighted by atomic mass is 10.0. The highest BCUT2D eigenvalue weighted by molar-refractivity contribution is 7.89. The van der Waals surface area contributed by atoms with E-state index in [1.165, 1.54) is 0 Å². The fourth-order valence-corrected chi connectivity index (χ4v) is 3.61. The molecule has 0 bridgehead atoms. The van der Waals surface area contributed by atoms with Gasteiger partial charge < -0.3 is 0 Å². The van der Waals surface area contributed by atoms with E-state index in [-0.39, 0.29) is 17.7 Å². The van der Waals surface area contributed by atoms with Crippen molar-refractivity contribution in [2.24, 2.45) is 0 Å². The maximum absolute atomic E-state index is 11.4. The van der Waals surface area contributed by atoms with E-state index in [2.05, 4.69) is 0 Å². The zero-order valence-corrected chi connectivity index (χ0v) is 7.51. The minimum Gasteiger partial charge on any atom is -0.274 e. The Bertz CT molecular complexity index is 309. The summed E-state index contributed by atoms with van der Waals surface area (Å²) in [6, 6.07) is -0.00926. The number of sulfonamides is 1. The monoisotopic (exact) mass is 189 g/mol. The van der Waals surface area contributed by atoms with Crippen molar-refractivity contribution in [2.45, 2.75) is 31.7 Å². The van der Waals surface area contributed by atoms with Gasteiger partial charge in [-0.05, 0) is 12.8 Å². The Kier molecular flexibility index (Phi) is 1.64. The fourth-order valence-electron chi connectivity index (χ4n) is 1.83. The minimum atomic E-state index is -3.23. The van der Waals surface area contributed by atoms with E-state index in [0.717, 1.165) is 17.1 Å². The van der Waals surface area contributed by atoms with Gasteiger partial charge in [0.25, 0.3) is 0 Å². The first-order valence-corrected chi connectivity index (χ1v) is 5.77. The Morgan fingerprint density at radius 1 is 1.33 bits per heavy atom. The first kappa shape index (κ1) is 8.04. The highest BCUT2D eigenvalue weighted by atomic mass is 32.2. The maximum Gasteiger partial charge on any atom is 0.238 e. The average molecular weight is 189 g/mol. The van der Waals surface area contributed by atoms with Gasteiger partial charge in [0.1, 0.15) is 0 Å². The summed E-state index contributed by atoms with van der Waals surface area (Å²) < 4.78 is 23.8. The molecule has 4 nitrogen and oxygen atoms in total. The SMILES string of the molecule is O=C1CC2CCCCS(=O)(=O)N12. The molecule has 0 saturated carbocycles. The molecule has 1 amide bonds. The van der Waals surface area contributed by atoms with Gasteiger partial charge in [0, 0.05) is 6.42 Å². The zero-order valence-electron chi connectivity index (χ0n) is 6.69. The van der Waals surface area contributed by atoms with Gasteiger partial charge in [0.05, 0.1) is 11.8 Å². The van der Waals surface area contributed by atoms with Crippen LogP contribution in [-0.2, 0) is 14.8 Å². The zero-order chi connectivity index (χ0) is 8.77. The number of carbonyl (C=O) groups excluding carboxylic acids is 1. The molecule has 68 valence electrons. The van der Waals surface area contributed by atoms with Crippen LogP contribution in [0.4, 0.5) is 0 Å². The van der Waals surface area contributed by atoms with Gasteiger partial charge in [-0.3, -0.25) is 4.79 Å². The van der Waals surface area contributed by atoms with Crippen molar-refractivity contribution in [3.63, 3.8) is 0 Å². The highest BCUT2D eigenvalue weighted by Crippen LogP contribution is 2.30. The summed E-state index contributed by atoms with van der Waals surface area (Å²) in [5, 5.41) is 0. The summed E-state index contributed by atoms with van der Waals surface area (Å²) in [7, 11) is -3.23. The lowest BCUT2D eigenvalue weighted by Crippen LogP contribution is -2.54. The van der Waals surface area contributed by atoms with E-state index in [1.54, 1.807) is 0 Å². The molecule has 1 atom stereocenters. The Balaban J connectivity index is 2.30. The molecule has 2 heterocycles. The second-order valence-electron chi connectivity index (χ2n) is 3.36. The lowest BCUT2D eigenvalue weighted by Gasteiger charge is -2.37. The molecule has 0 aromatic heterocycles. The summed E-state index contributed by atoms with van der Waals surface area (Å²) in [5.41, 5.74) is 0. The van der Waals surface area contributed by atoms with Crippen molar-refractivity contribution >= 4 is 15.9 Å². The number of fused-ring (bicyclic) bond motifs is 1. The molecule has 2 rings (SSSR count). The van der Waals surface area contributed by atoms with Crippen LogP contribution < -0.4 is 0 Å². The van der Waals surface area contributed by atoms with Crippen molar-refractivity contribution in [1.29, 1.82) is 0 Å². The van der Waals surface area contributed by atoms with Gasteiger partial charge in [-0.15, -0.1) is 0 Å². The van der Waals surface area contributed by atoms with Crippen LogP contribution in [0.1, 0.15) is 25.7 Å². The molecule has 2 aliphatic heterocycles. The number of carbonyl (C=O) groups is 1. The van der Waals surface area contributed by atoms with Gasteiger partial charge in [0.2, 0.25) is 15.9 Å². The molecule has 0 aromatic carbocycles. The van der Waals surface area contributed by atoms with E-state index < -0.39 is 10.0 Å². The van der Waals surface area contributed by atoms with Gasteiger partial charge in [0.15, 0.2) is 0 Å². The van der Waals surface area contributed by atoms with Gasteiger partial charge >= 0.3 is 0 Å². The molecule has 0 spiro atoms.